The van der Waals surface area contributed by atoms with Crippen molar-refractivity contribution in [2.75, 3.05) is 32.5 Å². The first kappa shape index (κ1) is 24.5. The molecule has 182 valence electrons. The summed E-state index contributed by atoms with van der Waals surface area (Å²) in [6.45, 7) is 9.92. The van der Waals surface area contributed by atoms with E-state index in [2.05, 4.69) is 47.0 Å². The van der Waals surface area contributed by atoms with Crippen LogP contribution in [0.25, 0.3) is 16.5 Å². The Kier molecular flexibility index (Phi) is 7.51. The Morgan fingerprint density at radius 3 is 2.60 bits per heavy atom. The number of ether oxygens (including phenoxy) is 1. The molecule has 1 fully saturated rings. The van der Waals surface area contributed by atoms with Crippen molar-refractivity contribution in [2.24, 2.45) is 0 Å². The van der Waals surface area contributed by atoms with Crippen LogP contribution in [0.15, 0.2) is 67.5 Å². The van der Waals surface area contributed by atoms with Gasteiger partial charge in [-0.3, -0.25) is 4.79 Å². The lowest BCUT2D eigenvalue weighted by atomic mass is 10.1. The van der Waals surface area contributed by atoms with Crippen molar-refractivity contribution in [2.45, 2.75) is 32.8 Å². The number of fused-ring (bicyclic) bond motifs is 1. The number of hydrogen-bond acceptors (Lipinski definition) is 5. The largest absolute Gasteiger partial charge is 0.490 e. The molecule has 6 nitrogen and oxygen atoms in total. The molecule has 0 atom stereocenters. The molecule has 6 heteroatoms. The molecule has 4 rings (SSSR count). The molecule has 0 bridgehead atoms. The zero-order valence-electron chi connectivity index (χ0n) is 21.0. The van der Waals surface area contributed by atoms with Crippen LogP contribution in [0.2, 0.25) is 0 Å². The first-order chi connectivity index (χ1) is 16.9. The molecule has 35 heavy (non-hydrogen) atoms. The Labute approximate surface area is 207 Å². The van der Waals surface area contributed by atoms with Crippen molar-refractivity contribution in [1.82, 2.24) is 14.8 Å². The number of aromatic nitrogens is 1. The third kappa shape index (κ3) is 5.72. The van der Waals surface area contributed by atoms with E-state index in [-0.39, 0.29) is 12.0 Å². The number of benzene rings is 2. The van der Waals surface area contributed by atoms with Crippen LogP contribution >= 0.6 is 0 Å². The van der Waals surface area contributed by atoms with Crippen LogP contribution in [0, 0.1) is 6.92 Å². The van der Waals surface area contributed by atoms with Gasteiger partial charge in [-0.1, -0.05) is 30.9 Å². The molecule has 2 aromatic carbocycles. The van der Waals surface area contributed by atoms with Crippen LogP contribution < -0.4 is 10.1 Å². The molecular formula is C29H34N4O2. The van der Waals surface area contributed by atoms with E-state index in [1.165, 1.54) is 0 Å². The zero-order chi connectivity index (χ0) is 24.9. The van der Waals surface area contributed by atoms with Crippen LogP contribution in [-0.4, -0.2) is 54.0 Å². The predicted molar refractivity (Wildman–Crippen MR) is 144 cm³/mol. The van der Waals surface area contributed by atoms with E-state index in [0.29, 0.717) is 11.4 Å². The van der Waals surface area contributed by atoms with E-state index >= 15 is 0 Å². The number of carbonyl (C=O) groups excluding carboxylic acids is 1. The SMILES string of the molecule is C=CN(C)/C(=C\C)c1ccc2cnc(NC(=O)c3ccc(C)c(OC4CCN(C)CC4)c3)cc2c1. The Morgan fingerprint density at radius 2 is 1.89 bits per heavy atom. The van der Waals surface area contributed by atoms with E-state index in [4.69, 9.17) is 4.74 Å². The fraction of sp³-hybridized carbons (Fsp3) is 0.310. The summed E-state index contributed by atoms with van der Waals surface area (Å²) < 4.78 is 6.27. The third-order valence-corrected chi connectivity index (χ3v) is 6.60. The maximum Gasteiger partial charge on any atom is 0.256 e. The number of anilines is 1. The van der Waals surface area contributed by atoms with Crippen LogP contribution in [0.1, 0.15) is 41.3 Å². The van der Waals surface area contributed by atoms with Gasteiger partial charge in [0.2, 0.25) is 0 Å². The van der Waals surface area contributed by atoms with Crippen LogP contribution in [0.5, 0.6) is 5.75 Å². The lowest BCUT2D eigenvalue weighted by molar-refractivity contribution is 0.102. The van der Waals surface area contributed by atoms with E-state index in [0.717, 1.165) is 59.3 Å². The lowest BCUT2D eigenvalue weighted by Gasteiger charge is -2.29. The summed E-state index contributed by atoms with van der Waals surface area (Å²) >= 11 is 0. The Morgan fingerprint density at radius 1 is 1.14 bits per heavy atom. The van der Waals surface area contributed by atoms with E-state index in [9.17, 15) is 4.79 Å². The highest BCUT2D eigenvalue weighted by Crippen LogP contribution is 2.26. The fourth-order valence-electron chi connectivity index (χ4n) is 4.38. The average molecular weight is 471 g/mol. The van der Waals surface area contributed by atoms with Gasteiger partial charge >= 0.3 is 0 Å². The minimum absolute atomic E-state index is 0.182. The standard InChI is InChI=1S/C29H34N4O2/c1-6-26(33(5)7-2)21-10-11-23-19-30-28(18-24(23)16-21)31-29(34)22-9-8-20(3)27(17-22)35-25-12-14-32(4)15-13-25/h6-11,16-19,25H,2,12-15H2,1,3-5H3,(H,30,31,34)/b26-6-. The molecule has 1 N–H and O–H groups in total. The normalized spacial score (nSPS) is 15.1. The number of allylic oxidation sites excluding steroid dienone is 1. The minimum Gasteiger partial charge on any atom is -0.490 e. The highest BCUT2D eigenvalue weighted by molar-refractivity contribution is 6.04. The second-order valence-electron chi connectivity index (χ2n) is 9.15. The van der Waals surface area contributed by atoms with Gasteiger partial charge in [0.25, 0.3) is 5.91 Å². The summed E-state index contributed by atoms with van der Waals surface area (Å²) in [6, 6.07) is 13.7. The summed E-state index contributed by atoms with van der Waals surface area (Å²) in [5, 5.41) is 4.96. The average Bonchev–Trinajstić information content (AvgIpc) is 2.86. The molecule has 1 aliphatic rings. The number of carbonyl (C=O) groups is 1. The molecule has 1 aliphatic heterocycles. The summed E-state index contributed by atoms with van der Waals surface area (Å²) in [7, 11) is 4.10. The number of amides is 1. The molecule has 2 heterocycles. The van der Waals surface area contributed by atoms with Gasteiger partial charge in [-0.05, 0) is 80.7 Å². The summed E-state index contributed by atoms with van der Waals surface area (Å²) in [6.07, 6.45) is 7.78. The van der Waals surface area contributed by atoms with Gasteiger partial charge in [0, 0.05) is 43.0 Å². The molecule has 0 radical (unpaired) electrons. The smallest absolute Gasteiger partial charge is 0.256 e. The number of piperidine rings is 1. The highest BCUT2D eigenvalue weighted by atomic mass is 16.5. The molecule has 0 unspecified atom stereocenters. The van der Waals surface area contributed by atoms with Gasteiger partial charge in [0.1, 0.15) is 17.7 Å². The van der Waals surface area contributed by atoms with Crippen LogP contribution in [0.3, 0.4) is 0 Å². The zero-order valence-corrected chi connectivity index (χ0v) is 21.0. The predicted octanol–water partition coefficient (Wildman–Crippen LogP) is 5.70. The first-order valence-electron chi connectivity index (χ1n) is 12.1. The molecule has 0 saturated carbocycles. The monoisotopic (exact) mass is 470 g/mol. The maximum atomic E-state index is 13.1. The summed E-state index contributed by atoms with van der Waals surface area (Å²) in [5.74, 6) is 1.08. The third-order valence-electron chi connectivity index (χ3n) is 6.60. The van der Waals surface area contributed by atoms with Crippen molar-refractivity contribution < 1.29 is 9.53 Å². The second-order valence-corrected chi connectivity index (χ2v) is 9.15. The van der Waals surface area contributed by atoms with Gasteiger partial charge in [0.05, 0.1) is 0 Å². The van der Waals surface area contributed by atoms with Gasteiger partial charge in [0.15, 0.2) is 0 Å². The number of rotatable bonds is 7. The molecular weight excluding hydrogens is 436 g/mol. The van der Waals surface area contributed by atoms with Crippen molar-refractivity contribution in [3.05, 3.63) is 84.2 Å². The number of likely N-dealkylation sites (tertiary alicyclic amines) is 1. The van der Waals surface area contributed by atoms with Crippen molar-refractivity contribution >= 4 is 28.2 Å². The Hall–Kier alpha value is -3.64. The first-order valence-corrected chi connectivity index (χ1v) is 12.1. The van der Waals surface area contributed by atoms with Crippen molar-refractivity contribution in [3.63, 3.8) is 0 Å². The number of nitrogens with zero attached hydrogens (tertiary/aromatic N) is 3. The van der Waals surface area contributed by atoms with Crippen LogP contribution in [-0.2, 0) is 0 Å². The van der Waals surface area contributed by atoms with Gasteiger partial charge in [-0.25, -0.2) is 4.98 Å². The molecule has 0 spiro atoms. The number of pyridine rings is 1. The molecule has 1 saturated heterocycles. The van der Waals surface area contributed by atoms with Gasteiger partial charge < -0.3 is 19.9 Å². The van der Waals surface area contributed by atoms with Gasteiger partial charge in [-0.15, -0.1) is 0 Å². The molecule has 1 aromatic heterocycles. The Balaban J connectivity index is 1.52. The maximum absolute atomic E-state index is 13.1. The van der Waals surface area contributed by atoms with Gasteiger partial charge in [-0.2, -0.15) is 0 Å². The fourth-order valence-corrected chi connectivity index (χ4v) is 4.38. The van der Waals surface area contributed by atoms with Crippen LogP contribution in [0.4, 0.5) is 5.82 Å². The van der Waals surface area contributed by atoms with E-state index < -0.39 is 0 Å². The summed E-state index contributed by atoms with van der Waals surface area (Å²) in [4.78, 5) is 21.8. The van der Waals surface area contributed by atoms with E-state index in [1.807, 2.05) is 56.1 Å². The Bertz CT molecular complexity index is 1260. The minimum atomic E-state index is -0.207. The number of nitrogens with one attached hydrogen (secondary N) is 1. The second kappa shape index (κ2) is 10.7. The quantitative estimate of drug-likeness (QED) is 0.480. The lowest BCUT2D eigenvalue weighted by Crippen LogP contribution is -2.35. The number of hydrogen-bond donors (Lipinski definition) is 1. The molecule has 0 aliphatic carbocycles. The molecule has 3 aromatic rings. The summed E-state index contributed by atoms with van der Waals surface area (Å²) in [5.41, 5.74) is 3.71. The highest BCUT2D eigenvalue weighted by Gasteiger charge is 2.19. The van der Waals surface area contributed by atoms with Crippen molar-refractivity contribution in [3.8, 4) is 5.75 Å². The van der Waals surface area contributed by atoms with Crippen molar-refractivity contribution in [1.29, 1.82) is 0 Å². The topological polar surface area (TPSA) is 57.7 Å². The van der Waals surface area contributed by atoms with E-state index in [1.54, 1.807) is 12.4 Å². The number of aryl methyl sites for hydroxylation is 1. The molecule has 1 amide bonds.